The Hall–Kier alpha value is -0.180. The Kier molecular flexibility index (Phi) is 6.25. The molecule has 0 unspecified atom stereocenters. The summed E-state index contributed by atoms with van der Waals surface area (Å²) in [6.45, 7) is 9.91. The number of nitrogens with zero attached hydrogens (tertiary/aromatic N) is 1. The second-order valence-corrected chi connectivity index (χ2v) is 4.49. The van der Waals surface area contributed by atoms with Gasteiger partial charge in [-0.15, -0.1) is 11.8 Å². The molecule has 0 rings (SSSR count). The molecule has 0 aromatic carbocycles. The summed E-state index contributed by atoms with van der Waals surface area (Å²) in [4.78, 5) is 13.3. The van der Waals surface area contributed by atoms with Gasteiger partial charge in [0, 0.05) is 13.1 Å². The van der Waals surface area contributed by atoms with Crippen LogP contribution in [-0.4, -0.2) is 34.9 Å². The average molecular weight is 189 g/mol. The molecule has 0 saturated heterocycles. The van der Waals surface area contributed by atoms with Crippen LogP contribution in [0.25, 0.3) is 0 Å². The van der Waals surface area contributed by atoms with E-state index in [0.717, 1.165) is 13.1 Å². The molecule has 0 aliphatic rings. The molecular formula is C9H19NOS. The fourth-order valence-electron chi connectivity index (χ4n) is 0.906. The predicted octanol–water partition coefficient (Wildman–Crippen LogP) is 2.00. The number of amides is 1. The number of thioether (sulfide) groups is 1. The third-order valence-electron chi connectivity index (χ3n) is 1.66. The molecule has 0 fully saturated rings. The molecule has 0 aromatic rings. The number of hydrogen-bond donors (Lipinski definition) is 0. The van der Waals surface area contributed by atoms with Crippen molar-refractivity contribution in [2.24, 2.45) is 0 Å². The molecule has 0 spiro atoms. The monoisotopic (exact) mass is 189 g/mol. The Balaban J connectivity index is 3.69. The van der Waals surface area contributed by atoms with E-state index in [1.165, 1.54) is 0 Å². The lowest BCUT2D eigenvalue weighted by molar-refractivity contribution is -0.127. The fraction of sp³-hybridized carbons (Fsp3) is 0.889. The van der Waals surface area contributed by atoms with Crippen molar-refractivity contribution in [3.05, 3.63) is 0 Å². The van der Waals surface area contributed by atoms with Gasteiger partial charge in [0.2, 0.25) is 5.91 Å². The standard InChI is InChI=1S/C9H19NOS/c1-5-10(6-2)9(11)7-12-8(3)4/h8H,5-7H2,1-4H3. The molecule has 0 saturated carbocycles. The predicted molar refractivity (Wildman–Crippen MR) is 55.5 cm³/mol. The van der Waals surface area contributed by atoms with Gasteiger partial charge in [-0.2, -0.15) is 0 Å². The zero-order valence-electron chi connectivity index (χ0n) is 8.46. The SMILES string of the molecule is CCN(CC)C(=O)CSC(C)C. The summed E-state index contributed by atoms with van der Waals surface area (Å²) in [5.74, 6) is 0.887. The van der Waals surface area contributed by atoms with Crippen LogP contribution in [0.15, 0.2) is 0 Å². The summed E-state index contributed by atoms with van der Waals surface area (Å²) >= 11 is 1.71. The van der Waals surface area contributed by atoms with Gasteiger partial charge in [0.1, 0.15) is 0 Å². The Morgan fingerprint density at radius 2 is 1.83 bits per heavy atom. The van der Waals surface area contributed by atoms with E-state index in [9.17, 15) is 4.79 Å². The van der Waals surface area contributed by atoms with Crippen LogP contribution in [0.1, 0.15) is 27.7 Å². The fourth-order valence-corrected chi connectivity index (χ4v) is 1.56. The van der Waals surface area contributed by atoms with Crippen LogP contribution in [0.5, 0.6) is 0 Å². The van der Waals surface area contributed by atoms with Gasteiger partial charge in [0.25, 0.3) is 0 Å². The van der Waals surface area contributed by atoms with E-state index in [-0.39, 0.29) is 5.91 Å². The van der Waals surface area contributed by atoms with Crippen LogP contribution in [-0.2, 0) is 4.79 Å². The van der Waals surface area contributed by atoms with E-state index < -0.39 is 0 Å². The maximum absolute atomic E-state index is 11.4. The molecule has 0 N–H and O–H groups in total. The third kappa shape index (κ3) is 4.65. The quantitative estimate of drug-likeness (QED) is 0.659. The van der Waals surface area contributed by atoms with Gasteiger partial charge < -0.3 is 4.90 Å². The maximum atomic E-state index is 11.4. The molecule has 0 aliphatic heterocycles. The van der Waals surface area contributed by atoms with Crippen LogP contribution in [0, 0.1) is 0 Å². The summed E-state index contributed by atoms with van der Waals surface area (Å²) < 4.78 is 0. The smallest absolute Gasteiger partial charge is 0.232 e. The molecule has 1 amide bonds. The highest BCUT2D eigenvalue weighted by atomic mass is 32.2. The molecule has 0 aliphatic carbocycles. The number of rotatable bonds is 5. The van der Waals surface area contributed by atoms with E-state index in [1.807, 2.05) is 18.7 Å². The van der Waals surface area contributed by atoms with Gasteiger partial charge in [0.05, 0.1) is 5.75 Å². The molecule has 0 radical (unpaired) electrons. The summed E-state index contributed by atoms with van der Waals surface area (Å²) in [5, 5.41) is 0.546. The zero-order chi connectivity index (χ0) is 9.56. The lowest BCUT2D eigenvalue weighted by atomic mass is 10.5. The average Bonchev–Trinajstić information content (AvgIpc) is 2.03. The first-order chi connectivity index (χ1) is 5.61. The third-order valence-corrected chi connectivity index (χ3v) is 2.74. The number of carbonyl (C=O) groups is 1. The highest BCUT2D eigenvalue weighted by Gasteiger charge is 2.09. The van der Waals surface area contributed by atoms with Gasteiger partial charge in [-0.1, -0.05) is 13.8 Å². The molecule has 0 bridgehead atoms. The van der Waals surface area contributed by atoms with Gasteiger partial charge in [0.15, 0.2) is 0 Å². The second-order valence-electron chi connectivity index (χ2n) is 2.93. The van der Waals surface area contributed by atoms with Crippen LogP contribution in [0.2, 0.25) is 0 Å². The van der Waals surface area contributed by atoms with Crippen LogP contribution < -0.4 is 0 Å². The van der Waals surface area contributed by atoms with Gasteiger partial charge in [-0.25, -0.2) is 0 Å². The van der Waals surface area contributed by atoms with Crippen molar-refractivity contribution in [3.63, 3.8) is 0 Å². The number of hydrogen-bond acceptors (Lipinski definition) is 2. The Labute approximate surface area is 79.7 Å². The van der Waals surface area contributed by atoms with Gasteiger partial charge in [-0.3, -0.25) is 4.79 Å². The van der Waals surface area contributed by atoms with E-state index in [0.29, 0.717) is 11.0 Å². The van der Waals surface area contributed by atoms with Crippen molar-refractivity contribution in [2.75, 3.05) is 18.8 Å². The minimum Gasteiger partial charge on any atom is -0.343 e. The topological polar surface area (TPSA) is 20.3 Å². The van der Waals surface area contributed by atoms with E-state index in [1.54, 1.807) is 11.8 Å². The van der Waals surface area contributed by atoms with Crippen LogP contribution in [0.4, 0.5) is 0 Å². The normalized spacial score (nSPS) is 10.4. The Morgan fingerprint density at radius 1 is 1.33 bits per heavy atom. The highest BCUT2D eigenvalue weighted by molar-refractivity contribution is 8.00. The Bertz CT molecular complexity index is 132. The van der Waals surface area contributed by atoms with E-state index in [4.69, 9.17) is 0 Å². The van der Waals surface area contributed by atoms with Crippen molar-refractivity contribution in [1.82, 2.24) is 4.90 Å². The second kappa shape index (κ2) is 6.35. The maximum Gasteiger partial charge on any atom is 0.232 e. The van der Waals surface area contributed by atoms with Crippen LogP contribution in [0.3, 0.4) is 0 Å². The molecule has 72 valence electrons. The zero-order valence-corrected chi connectivity index (χ0v) is 9.28. The molecule has 2 nitrogen and oxygen atoms in total. The lowest BCUT2D eigenvalue weighted by Gasteiger charge is -2.18. The summed E-state index contributed by atoms with van der Waals surface area (Å²) in [5.41, 5.74) is 0. The summed E-state index contributed by atoms with van der Waals surface area (Å²) in [6.07, 6.45) is 0. The van der Waals surface area contributed by atoms with Crippen molar-refractivity contribution < 1.29 is 4.79 Å². The first-order valence-electron chi connectivity index (χ1n) is 4.51. The molecule has 12 heavy (non-hydrogen) atoms. The van der Waals surface area contributed by atoms with Crippen molar-refractivity contribution in [1.29, 1.82) is 0 Å². The van der Waals surface area contributed by atoms with Crippen LogP contribution >= 0.6 is 11.8 Å². The molecule has 0 aromatic heterocycles. The Morgan fingerprint density at radius 3 is 2.17 bits per heavy atom. The highest BCUT2D eigenvalue weighted by Crippen LogP contribution is 2.09. The van der Waals surface area contributed by atoms with Crippen molar-refractivity contribution in [3.8, 4) is 0 Å². The molecule has 0 atom stereocenters. The summed E-state index contributed by atoms with van der Waals surface area (Å²) in [6, 6.07) is 0. The molecular weight excluding hydrogens is 170 g/mol. The number of carbonyl (C=O) groups excluding carboxylic acids is 1. The van der Waals surface area contributed by atoms with E-state index >= 15 is 0 Å². The van der Waals surface area contributed by atoms with Crippen molar-refractivity contribution in [2.45, 2.75) is 32.9 Å². The molecule has 3 heteroatoms. The first-order valence-corrected chi connectivity index (χ1v) is 5.56. The van der Waals surface area contributed by atoms with Gasteiger partial charge in [-0.05, 0) is 19.1 Å². The molecule has 0 heterocycles. The largest absolute Gasteiger partial charge is 0.343 e. The summed E-state index contributed by atoms with van der Waals surface area (Å²) in [7, 11) is 0. The minimum atomic E-state index is 0.263. The minimum absolute atomic E-state index is 0.263. The van der Waals surface area contributed by atoms with Gasteiger partial charge >= 0.3 is 0 Å². The first kappa shape index (κ1) is 11.8. The van der Waals surface area contributed by atoms with Crippen molar-refractivity contribution >= 4 is 17.7 Å². The lowest BCUT2D eigenvalue weighted by Crippen LogP contribution is -2.32. The van der Waals surface area contributed by atoms with E-state index in [2.05, 4.69) is 13.8 Å².